The zero-order chi connectivity index (χ0) is 30.2. The number of aliphatic carboxylic acids is 1. The highest BCUT2D eigenvalue weighted by atomic mass is 32.2. The zero-order valence-corrected chi connectivity index (χ0v) is 24.1. The average Bonchev–Trinajstić information content (AvgIpc) is 2.95. The fraction of sp³-hybridized carbons (Fsp3) is 0.448. The topological polar surface area (TPSA) is 197 Å². The summed E-state index contributed by atoms with van der Waals surface area (Å²) in [6.07, 6.45) is 3.98. The number of carbonyl (C=O) groups excluding carboxylic acids is 3. The van der Waals surface area contributed by atoms with E-state index in [9.17, 15) is 29.4 Å². The van der Waals surface area contributed by atoms with Crippen LogP contribution in [0.15, 0.2) is 54.6 Å². The van der Waals surface area contributed by atoms with Gasteiger partial charge in [0.15, 0.2) is 0 Å². The number of carboxylic acid groups (broad SMARTS) is 1. The van der Waals surface area contributed by atoms with E-state index in [0.717, 1.165) is 5.56 Å². The van der Waals surface area contributed by atoms with Crippen LogP contribution in [0.1, 0.15) is 36.8 Å². The number of rotatable bonds is 18. The van der Waals surface area contributed by atoms with Gasteiger partial charge in [0.2, 0.25) is 17.7 Å². The predicted molar refractivity (Wildman–Crippen MR) is 159 cm³/mol. The summed E-state index contributed by atoms with van der Waals surface area (Å²) < 4.78 is 0. The predicted octanol–water partition coefficient (Wildman–Crippen LogP) is 0.926. The van der Waals surface area contributed by atoms with Crippen LogP contribution in [0.4, 0.5) is 0 Å². The lowest BCUT2D eigenvalue weighted by atomic mass is 10.0. The number of phenols is 1. The molecule has 12 heteroatoms. The smallest absolute Gasteiger partial charge is 0.326 e. The van der Waals surface area contributed by atoms with Gasteiger partial charge in [-0.05, 0) is 61.1 Å². The first-order valence-corrected chi connectivity index (χ1v) is 14.9. The second kappa shape index (κ2) is 17.9. The van der Waals surface area contributed by atoms with Crippen molar-refractivity contribution in [2.24, 2.45) is 11.5 Å². The summed E-state index contributed by atoms with van der Waals surface area (Å²) in [5.74, 6) is -2.39. The minimum atomic E-state index is -1.17. The third kappa shape index (κ3) is 12.2. The molecular formula is C29H41N5O6S. The molecule has 41 heavy (non-hydrogen) atoms. The molecule has 2 aromatic rings. The number of benzene rings is 2. The van der Waals surface area contributed by atoms with Gasteiger partial charge in [0.25, 0.3) is 0 Å². The number of hydrogen-bond acceptors (Lipinski definition) is 8. The monoisotopic (exact) mass is 587 g/mol. The number of carbonyl (C=O) groups is 4. The molecule has 0 aliphatic carbocycles. The Bertz CT molecular complexity index is 1120. The van der Waals surface area contributed by atoms with E-state index in [4.69, 9.17) is 11.5 Å². The summed E-state index contributed by atoms with van der Waals surface area (Å²) in [6.45, 7) is 0.477. The van der Waals surface area contributed by atoms with E-state index in [2.05, 4.69) is 16.0 Å². The van der Waals surface area contributed by atoms with Crippen molar-refractivity contribution >= 4 is 35.5 Å². The van der Waals surface area contributed by atoms with Crippen molar-refractivity contribution in [2.75, 3.05) is 18.6 Å². The maximum Gasteiger partial charge on any atom is 0.326 e. The molecule has 0 aliphatic rings. The minimum absolute atomic E-state index is 0.0507. The number of hydrogen-bond donors (Lipinski definition) is 7. The van der Waals surface area contributed by atoms with Gasteiger partial charge in [-0.25, -0.2) is 4.79 Å². The molecule has 9 N–H and O–H groups in total. The summed E-state index contributed by atoms with van der Waals surface area (Å²) >= 11 is 1.46. The van der Waals surface area contributed by atoms with Gasteiger partial charge in [0, 0.05) is 12.8 Å². The average molecular weight is 588 g/mol. The van der Waals surface area contributed by atoms with Gasteiger partial charge in [0.05, 0.1) is 6.04 Å². The summed E-state index contributed by atoms with van der Waals surface area (Å²) in [6, 6.07) is 11.0. The SMILES string of the molecule is CSCCC(NC(=O)C(Cc1ccccc1)NC(=O)C(Cc1ccc(O)cc1)NC(=O)C(N)CCCCN)C(=O)O. The van der Waals surface area contributed by atoms with Gasteiger partial charge in [-0.2, -0.15) is 11.8 Å². The number of unbranched alkanes of at least 4 members (excludes halogenated alkanes) is 1. The summed E-state index contributed by atoms with van der Waals surface area (Å²) in [4.78, 5) is 51.6. The quantitative estimate of drug-likeness (QED) is 0.124. The molecule has 224 valence electrons. The van der Waals surface area contributed by atoms with Gasteiger partial charge in [-0.3, -0.25) is 14.4 Å². The number of thioether (sulfide) groups is 1. The molecule has 4 unspecified atom stereocenters. The summed E-state index contributed by atoms with van der Waals surface area (Å²) in [7, 11) is 0. The van der Waals surface area contributed by atoms with Crippen LogP contribution >= 0.6 is 11.8 Å². The molecule has 0 bridgehead atoms. The van der Waals surface area contributed by atoms with Crippen molar-refractivity contribution in [3.63, 3.8) is 0 Å². The summed E-state index contributed by atoms with van der Waals surface area (Å²) in [5, 5.41) is 27.2. The Hall–Kier alpha value is -3.61. The highest BCUT2D eigenvalue weighted by Crippen LogP contribution is 2.13. The number of nitrogens with one attached hydrogen (secondary N) is 3. The maximum atomic E-state index is 13.6. The van der Waals surface area contributed by atoms with Gasteiger partial charge in [-0.15, -0.1) is 0 Å². The summed E-state index contributed by atoms with van der Waals surface area (Å²) in [5.41, 5.74) is 13.0. The second-order valence-electron chi connectivity index (χ2n) is 9.75. The number of amides is 3. The van der Waals surface area contributed by atoms with E-state index in [1.165, 1.54) is 23.9 Å². The van der Waals surface area contributed by atoms with E-state index < -0.39 is 47.9 Å². The number of aromatic hydroxyl groups is 1. The van der Waals surface area contributed by atoms with E-state index in [1.807, 2.05) is 12.3 Å². The Labute approximate surface area is 244 Å². The Morgan fingerprint density at radius 1 is 0.780 bits per heavy atom. The van der Waals surface area contributed by atoms with E-state index >= 15 is 0 Å². The van der Waals surface area contributed by atoms with Crippen LogP contribution in [0, 0.1) is 0 Å². The van der Waals surface area contributed by atoms with Crippen molar-refractivity contribution in [3.8, 4) is 5.75 Å². The second-order valence-corrected chi connectivity index (χ2v) is 10.7. The molecule has 0 aliphatic heterocycles. The molecule has 0 saturated carbocycles. The van der Waals surface area contributed by atoms with Crippen LogP contribution in [0.5, 0.6) is 5.75 Å². The Kier molecular flexibility index (Phi) is 14.7. The Morgan fingerprint density at radius 2 is 1.32 bits per heavy atom. The molecular weight excluding hydrogens is 546 g/mol. The number of phenolic OH excluding ortho intramolecular Hbond substituents is 1. The lowest BCUT2D eigenvalue weighted by Gasteiger charge is -2.25. The molecule has 0 aromatic heterocycles. The van der Waals surface area contributed by atoms with Gasteiger partial charge in [-0.1, -0.05) is 48.9 Å². The fourth-order valence-electron chi connectivity index (χ4n) is 4.09. The first-order valence-electron chi connectivity index (χ1n) is 13.5. The van der Waals surface area contributed by atoms with Crippen molar-refractivity contribution in [2.45, 2.75) is 62.7 Å². The van der Waals surface area contributed by atoms with Crippen molar-refractivity contribution in [1.29, 1.82) is 0 Å². The van der Waals surface area contributed by atoms with E-state index in [1.54, 1.807) is 36.4 Å². The van der Waals surface area contributed by atoms with Gasteiger partial charge >= 0.3 is 5.97 Å². The molecule has 0 fully saturated rings. The molecule has 0 saturated heterocycles. The van der Waals surface area contributed by atoms with Crippen LogP contribution in [-0.2, 0) is 32.0 Å². The molecule has 2 aromatic carbocycles. The lowest BCUT2D eigenvalue weighted by molar-refractivity contribution is -0.142. The van der Waals surface area contributed by atoms with Crippen LogP contribution < -0.4 is 27.4 Å². The third-order valence-corrected chi connectivity index (χ3v) is 7.10. The third-order valence-electron chi connectivity index (χ3n) is 6.46. The fourth-order valence-corrected chi connectivity index (χ4v) is 4.56. The van der Waals surface area contributed by atoms with Crippen LogP contribution in [-0.4, -0.2) is 76.6 Å². The Morgan fingerprint density at radius 3 is 1.85 bits per heavy atom. The minimum Gasteiger partial charge on any atom is -0.508 e. The van der Waals surface area contributed by atoms with Crippen molar-refractivity contribution in [3.05, 3.63) is 65.7 Å². The largest absolute Gasteiger partial charge is 0.508 e. The molecule has 0 radical (unpaired) electrons. The van der Waals surface area contributed by atoms with E-state index in [0.29, 0.717) is 37.1 Å². The van der Waals surface area contributed by atoms with Crippen LogP contribution in [0.25, 0.3) is 0 Å². The maximum absolute atomic E-state index is 13.6. The van der Waals surface area contributed by atoms with Crippen LogP contribution in [0.3, 0.4) is 0 Å². The number of nitrogens with two attached hydrogens (primary N) is 2. The molecule has 11 nitrogen and oxygen atoms in total. The highest BCUT2D eigenvalue weighted by molar-refractivity contribution is 7.98. The van der Waals surface area contributed by atoms with Gasteiger partial charge in [0.1, 0.15) is 23.9 Å². The molecule has 0 heterocycles. The van der Waals surface area contributed by atoms with Gasteiger partial charge < -0.3 is 37.6 Å². The van der Waals surface area contributed by atoms with Crippen molar-refractivity contribution in [1.82, 2.24) is 16.0 Å². The first-order chi connectivity index (χ1) is 19.6. The lowest BCUT2D eigenvalue weighted by Crippen LogP contribution is -2.58. The first kappa shape index (κ1) is 33.6. The zero-order valence-electron chi connectivity index (χ0n) is 23.3. The molecule has 2 rings (SSSR count). The Balaban J connectivity index is 2.28. The molecule has 4 atom stereocenters. The van der Waals surface area contributed by atoms with Crippen molar-refractivity contribution < 1.29 is 29.4 Å². The highest BCUT2D eigenvalue weighted by Gasteiger charge is 2.30. The van der Waals surface area contributed by atoms with E-state index in [-0.39, 0.29) is 25.0 Å². The number of carboxylic acids is 1. The molecule has 3 amide bonds. The van der Waals surface area contributed by atoms with Crippen LogP contribution in [0.2, 0.25) is 0 Å². The standard InChI is InChI=1S/C29H41N5O6S/c1-41-16-14-23(29(39)40)32-27(37)25(17-19-7-3-2-4-8-19)34-28(38)24(18-20-10-12-21(35)13-11-20)33-26(36)22(31)9-5-6-15-30/h2-4,7-8,10-13,22-25,35H,5-6,9,14-18,30-31H2,1H3,(H,32,37)(H,33,36)(H,34,38)(H,39,40). The normalized spacial score (nSPS) is 13.8. The molecule has 0 spiro atoms.